The zero-order valence-electron chi connectivity index (χ0n) is 10.4. The van der Waals surface area contributed by atoms with Crippen molar-refractivity contribution < 1.29 is 4.39 Å². The first kappa shape index (κ1) is 12.8. The summed E-state index contributed by atoms with van der Waals surface area (Å²) < 4.78 is 12.9. The summed E-state index contributed by atoms with van der Waals surface area (Å²) in [6.45, 7) is 6.30. The van der Waals surface area contributed by atoms with Gasteiger partial charge in [-0.15, -0.1) is 0 Å². The van der Waals surface area contributed by atoms with Crippen LogP contribution in [0.3, 0.4) is 0 Å². The van der Waals surface area contributed by atoms with Gasteiger partial charge in [0.25, 0.3) is 0 Å². The van der Waals surface area contributed by atoms with E-state index >= 15 is 0 Å². The molecule has 1 N–H and O–H groups in total. The minimum absolute atomic E-state index is 0.278. The van der Waals surface area contributed by atoms with Crippen LogP contribution in [-0.4, -0.2) is 6.54 Å². The van der Waals surface area contributed by atoms with Crippen molar-refractivity contribution in [2.45, 2.75) is 33.2 Å². The summed E-state index contributed by atoms with van der Waals surface area (Å²) in [6, 6.07) is 4.58. The Morgan fingerprint density at radius 1 is 1.41 bits per heavy atom. The van der Waals surface area contributed by atoms with Gasteiger partial charge in [0.2, 0.25) is 0 Å². The van der Waals surface area contributed by atoms with Gasteiger partial charge >= 0.3 is 0 Å². The summed E-state index contributed by atoms with van der Waals surface area (Å²) in [6.07, 6.45) is 2.63. The Morgan fingerprint density at radius 3 is 2.65 bits per heavy atom. The Morgan fingerprint density at radius 2 is 2.12 bits per heavy atom. The van der Waals surface area contributed by atoms with Gasteiger partial charge in [-0.2, -0.15) is 0 Å². The monoisotopic (exact) mass is 255 g/mol. The van der Waals surface area contributed by atoms with Gasteiger partial charge in [-0.1, -0.05) is 31.5 Å². The van der Waals surface area contributed by atoms with Crippen molar-refractivity contribution in [1.29, 1.82) is 0 Å². The highest BCUT2D eigenvalue weighted by Crippen LogP contribution is 2.51. The number of hydrogen-bond donors (Lipinski definition) is 1. The van der Waals surface area contributed by atoms with E-state index in [1.165, 1.54) is 25.0 Å². The van der Waals surface area contributed by atoms with E-state index in [1.54, 1.807) is 6.07 Å². The summed E-state index contributed by atoms with van der Waals surface area (Å²) in [4.78, 5) is 0. The van der Waals surface area contributed by atoms with E-state index in [1.807, 2.05) is 0 Å². The van der Waals surface area contributed by atoms with Crippen LogP contribution in [0, 0.1) is 17.2 Å². The van der Waals surface area contributed by atoms with E-state index in [-0.39, 0.29) is 5.82 Å². The minimum Gasteiger partial charge on any atom is -0.312 e. The zero-order chi connectivity index (χ0) is 12.5. The number of rotatable bonds is 5. The van der Waals surface area contributed by atoms with Crippen LogP contribution in [0.15, 0.2) is 18.2 Å². The van der Waals surface area contributed by atoms with Crippen molar-refractivity contribution in [2.24, 2.45) is 11.3 Å². The SMILES string of the molecule is CC(C)C1(CNCc2ccc(F)cc2Cl)CC1. The molecule has 0 bridgehead atoms. The second-order valence-corrected chi connectivity index (χ2v) is 5.76. The van der Waals surface area contributed by atoms with Crippen LogP contribution in [0.25, 0.3) is 0 Å². The van der Waals surface area contributed by atoms with Crippen LogP contribution < -0.4 is 5.32 Å². The molecular weight excluding hydrogens is 237 g/mol. The van der Waals surface area contributed by atoms with Crippen LogP contribution in [0.4, 0.5) is 4.39 Å². The molecule has 0 aliphatic heterocycles. The van der Waals surface area contributed by atoms with Gasteiger partial charge in [0.15, 0.2) is 0 Å². The molecule has 1 aliphatic rings. The second kappa shape index (κ2) is 4.95. The average Bonchev–Trinajstić information content (AvgIpc) is 3.02. The summed E-state index contributed by atoms with van der Waals surface area (Å²) >= 11 is 5.98. The third-order valence-corrected chi connectivity index (χ3v) is 4.28. The quantitative estimate of drug-likeness (QED) is 0.839. The van der Waals surface area contributed by atoms with Crippen LogP contribution in [-0.2, 0) is 6.54 Å². The van der Waals surface area contributed by atoms with E-state index in [0.29, 0.717) is 17.0 Å². The largest absolute Gasteiger partial charge is 0.312 e. The van der Waals surface area contributed by atoms with Gasteiger partial charge in [-0.05, 0) is 41.9 Å². The highest BCUT2D eigenvalue weighted by Gasteiger charge is 2.44. The topological polar surface area (TPSA) is 12.0 Å². The molecule has 2 rings (SSSR count). The molecule has 0 aromatic heterocycles. The number of hydrogen-bond acceptors (Lipinski definition) is 1. The molecule has 0 heterocycles. The third kappa shape index (κ3) is 2.99. The van der Waals surface area contributed by atoms with Crippen LogP contribution >= 0.6 is 11.6 Å². The van der Waals surface area contributed by atoms with Crippen molar-refractivity contribution in [3.05, 3.63) is 34.6 Å². The van der Waals surface area contributed by atoms with Gasteiger partial charge in [-0.25, -0.2) is 4.39 Å². The van der Waals surface area contributed by atoms with Gasteiger partial charge < -0.3 is 5.32 Å². The summed E-state index contributed by atoms with van der Waals surface area (Å²) in [5, 5.41) is 3.95. The van der Waals surface area contributed by atoms with Crippen molar-refractivity contribution in [3.8, 4) is 0 Å². The van der Waals surface area contributed by atoms with E-state index in [4.69, 9.17) is 11.6 Å². The molecule has 0 saturated heterocycles. The second-order valence-electron chi connectivity index (χ2n) is 5.36. The maximum atomic E-state index is 12.9. The Hall–Kier alpha value is -0.600. The number of nitrogens with one attached hydrogen (secondary N) is 1. The molecule has 1 aromatic rings. The first-order valence-corrected chi connectivity index (χ1v) is 6.56. The highest BCUT2D eigenvalue weighted by atomic mass is 35.5. The molecule has 94 valence electrons. The number of halogens is 2. The van der Waals surface area contributed by atoms with Crippen molar-refractivity contribution in [2.75, 3.05) is 6.54 Å². The van der Waals surface area contributed by atoms with E-state index < -0.39 is 0 Å². The summed E-state index contributed by atoms with van der Waals surface area (Å²) in [5.74, 6) is 0.443. The maximum Gasteiger partial charge on any atom is 0.124 e. The molecule has 1 aromatic carbocycles. The molecule has 1 aliphatic carbocycles. The Bertz CT molecular complexity index is 399. The van der Waals surface area contributed by atoms with Gasteiger partial charge in [0.05, 0.1) is 0 Å². The fourth-order valence-electron chi connectivity index (χ4n) is 2.23. The highest BCUT2D eigenvalue weighted by molar-refractivity contribution is 6.31. The average molecular weight is 256 g/mol. The number of benzene rings is 1. The fourth-order valence-corrected chi connectivity index (χ4v) is 2.46. The molecule has 0 spiro atoms. The summed E-state index contributed by atoms with van der Waals surface area (Å²) in [5.41, 5.74) is 1.46. The normalized spacial score (nSPS) is 17.5. The van der Waals surface area contributed by atoms with Crippen LogP contribution in [0.1, 0.15) is 32.3 Å². The molecule has 0 radical (unpaired) electrons. The van der Waals surface area contributed by atoms with Crippen molar-refractivity contribution >= 4 is 11.6 Å². The van der Waals surface area contributed by atoms with Crippen LogP contribution in [0.2, 0.25) is 5.02 Å². The predicted molar refractivity (Wildman–Crippen MR) is 69.6 cm³/mol. The predicted octanol–water partition coefficient (Wildman–Crippen LogP) is 4.00. The smallest absolute Gasteiger partial charge is 0.124 e. The fraction of sp³-hybridized carbons (Fsp3) is 0.571. The Balaban J connectivity index is 1.86. The lowest BCUT2D eigenvalue weighted by Gasteiger charge is -2.20. The molecule has 3 heteroatoms. The lowest BCUT2D eigenvalue weighted by molar-refractivity contribution is 0.338. The standard InChI is InChI=1S/C14H19ClFN/c1-10(2)14(5-6-14)9-17-8-11-3-4-12(16)7-13(11)15/h3-4,7,10,17H,5-6,8-9H2,1-2H3. The van der Waals surface area contributed by atoms with Crippen molar-refractivity contribution in [1.82, 2.24) is 5.32 Å². The molecular formula is C14H19ClFN. The van der Waals surface area contributed by atoms with Gasteiger partial charge in [0.1, 0.15) is 5.82 Å². The van der Waals surface area contributed by atoms with E-state index in [9.17, 15) is 4.39 Å². The van der Waals surface area contributed by atoms with E-state index in [2.05, 4.69) is 19.2 Å². The first-order chi connectivity index (χ1) is 8.03. The Kier molecular flexibility index (Phi) is 3.74. The molecule has 1 fully saturated rings. The Labute approximate surface area is 107 Å². The molecule has 17 heavy (non-hydrogen) atoms. The molecule has 1 saturated carbocycles. The lowest BCUT2D eigenvalue weighted by atomic mass is 9.92. The molecule has 0 amide bonds. The zero-order valence-corrected chi connectivity index (χ0v) is 11.1. The lowest BCUT2D eigenvalue weighted by Crippen LogP contribution is -2.27. The minimum atomic E-state index is -0.278. The molecule has 0 unspecified atom stereocenters. The molecule has 1 nitrogen and oxygen atoms in total. The molecule has 0 atom stereocenters. The third-order valence-electron chi connectivity index (χ3n) is 3.92. The summed E-state index contributed by atoms with van der Waals surface area (Å²) in [7, 11) is 0. The first-order valence-electron chi connectivity index (χ1n) is 6.18. The maximum absolute atomic E-state index is 12.9. The van der Waals surface area contributed by atoms with Gasteiger partial charge in [0, 0.05) is 18.1 Å². The van der Waals surface area contributed by atoms with E-state index in [0.717, 1.165) is 18.0 Å². The van der Waals surface area contributed by atoms with Crippen LogP contribution in [0.5, 0.6) is 0 Å². The van der Waals surface area contributed by atoms with Crippen molar-refractivity contribution in [3.63, 3.8) is 0 Å². The van der Waals surface area contributed by atoms with Gasteiger partial charge in [-0.3, -0.25) is 0 Å².